The first-order valence-electron chi connectivity index (χ1n) is 10.3. The van der Waals surface area contributed by atoms with Gasteiger partial charge in [0.25, 0.3) is 0 Å². The van der Waals surface area contributed by atoms with Gasteiger partial charge in [-0.3, -0.25) is 4.90 Å². The number of carbonyl (C=O) groups is 2. The Balaban J connectivity index is 1.60. The second-order valence-corrected chi connectivity index (χ2v) is 7.68. The molecule has 0 heterocycles. The molecule has 0 N–H and O–H groups in total. The number of hydrogen-bond donors (Lipinski definition) is 0. The molecule has 0 saturated carbocycles. The Bertz CT molecular complexity index is 1250. The number of anilines is 1. The number of amides is 1. The van der Waals surface area contributed by atoms with Crippen LogP contribution in [0.2, 0.25) is 0 Å². The molecule has 0 bridgehead atoms. The van der Waals surface area contributed by atoms with Crippen LogP contribution in [-0.4, -0.2) is 32.8 Å². The molecule has 0 saturated heterocycles. The van der Waals surface area contributed by atoms with Gasteiger partial charge < -0.3 is 9.47 Å². The minimum absolute atomic E-state index is 0.0731. The molecule has 3 aromatic carbocycles. The maximum absolute atomic E-state index is 13.0. The van der Waals surface area contributed by atoms with Gasteiger partial charge >= 0.3 is 12.1 Å². The lowest BCUT2D eigenvalue weighted by molar-refractivity contribution is 0.0600. The molecule has 8 nitrogen and oxygen atoms in total. The number of hydrogen-bond acceptors (Lipinski definition) is 5. The van der Waals surface area contributed by atoms with E-state index < -0.39 is 12.1 Å². The molecule has 1 aliphatic carbocycles. The highest BCUT2D eigenvalue weighted by atomic mass is 16.6. The van der Waals surface area contributed by atoms with E-state index in [1.54, 1.807) is 14.0 Å². The van der Waals surface area contributed by atoms with E-state index in [0.29, 0.717) is 11.3 Å². The van der Waals surface area contributed by atoms with Gasteiger partial charge in [0.1, 0.15) is 6.61 Å². The van der Waals surface area contributed by atoms with E-state index in [1.165, 1.54) is 24.1 Å². The summed E-state index contributed by atoms with van der Waals surface area (Å²) in [6.45, 7) is 1.85. The number of rotatable bonds is 5. The summed E-state index contributed by atoms with van der Waals surface area (Å²) in [4.78, 5) is 29.2. The van der Waals surface area contributed by atoms with E-state index in [0.717, 1.165) is 22.3 Å². The Morgan fingerprint density at radius 2 is 1.67 bits per heavy atom. The lowest BCUT2D eigenvalue weighted by Crippen LogP contribution is -2.29. The molecule has 0 atom stereocenters. The Kier molecular flexibility index (Phi) is 6.02. The lowest BCUT2D eigenvalue weighted by atomic mass is 9.98. The van der Waals surface area contributed by atoms with Crippen molar-refractivity contribution in [2.24, 2.45) is 5.11 Å². The quantitative estimate of drug-likeness (QED) is 0.206. The summed E-state index contributed by atoms with van der Waals surface area (Å²) in [6.07, 6.45) is -0.589. The van der Waals surface area contributed by atoms with Gasteiger partial charge in [-0.25, -0.2) is 9.59 Å². The highest BCUT2D eigenvalue weighted by molar-refractivity contribution is 5.97. The number of benzene rings is 3. The minimum Gasteiger partial charge on any atom is -0.465 e. The zero-order valence-corrected chi connectivity index (χ0v) is 18.5. The molecule has 0 radical (unpaired) electrons. The van der Waals surface area contributed by atoms with Crippen molar-refractivity contribution in [3.63, 3.8) is 0 Å². The van der Waals surface area contributed by atoms with Crippen LogP contribution in [0.3, 0.4) is 0 Å². The van der Waals surface area contributed by atoms with Crippen molar-refractivity contribution in [3.05, 3.63) is 93.4 Å². The van der Waals surface area contributed by atoms with Gasteiger partial charge in [-0.2, -0.15) is 0 Å². The van der Waals surface area contributed by atoms with E-state index in [4.69, 9.17) is 15.0 Å². The zero-order valence-electron chi connectivity index (χ0n) is 18.5. The molecule has 1 amide bonds. The third kappa shape index (κ3) is 4.00. The van der Waals surface area contributed by atoms with Crippen LogP contribution in [-0.2, 0) is 9.47 Å². The number of azide groups is 1. The SMILES string of the molecule is COC(=O)c1cc(N=[N+]=[N-])cc(N(C)C(=O)OCC2c3ccccc3-c3ccccc32)c1C. The van der Waals surface area contributed by atoms with Gasteiger partial charge in [0, 0.05) is 23.6 Å². The minimum atomic E-state index is -0.593. The summed E-state index contributed by atoms with van der Waals surface area (Å²) in [6, 6.07) is 19.1. The molecule has 0 aromatic heterocycles. The summed E-state index contributed by atoms with van der Waals surface area (Å²) in [7, 11) is 2.80. The van der Waals surface area contributed by atoms with Crippen LogP contribution in [0.1, 0.15) is 33.0 Å². The number of fused-ring (bicyclic) bond motifs is 3. The van der Waals surface area contributed by atoms with Crippen LogP contribution in [0, 0.1) is 6.92 Å². The van der Waals surface area contributed by atoms with Crippen LogP contribution >= 0.6 is 0 Å². The summed E-state index contributed by atoms with van der Waals surface area (Å²) in [5.74, 6) is -0.666. The zero-order chi connectivity index (χ0) is 23.5. The Hall–Kier alpha value is -4.29. The van der Waals surface area contributed by atoms with Crippen molar-refractivity contribution < 1.29 is 19.1 Å². The fourth-order valence-corrected chi connectivity index (χ4v) is 4.25. The average molecular weight is 442 g/mol. The Labute approximate surface area is 191 Å². The summed E-state index contributed by atoms with van der Waals surface area (Å²) < 4.78 is 10.5. The van der Waals surface area contributed by atoms with Crippen LogP contribution in [0.15, 0.2) is 65.8 Å². The van der Waals surface area contributed by atoms with Crippen molar-refractivity contribution in [1.29, 1.82) is 0 Å². The molecular weight excluding hydrogens is 420 g/mol. The predicted molar refractivity (Wildman–Crippen MR) is 125 cm³/mol. The molecule has 0 spiro atoms. The van der Waals surface area contributed by atoms with Crippen molar-refractivity contribution >= 4 is 23.4 Å². The molecule has 0 unspecified atom stereocenters. The predicted octanol–water partition coefficient (Wildman–Crippen LogP) is 6.11. The first kappa shape index (κ1) is 21.9. The molecule has 166 valence electrons. The van der Waals surface area contributed by atoms with E-state index in [-0.39, 0.29) is 23.8 Å². The summed E-state index contributed by atoms with van der Waals surface area (Å²) in [5, 5.41) is 3.58. The second-order valence-electron chi connectivity index (χ2n) is 7.68. The third-order valence-electron chi connectivity index (χ3n) is 5.90. The van der Waals surface area contributed by atoms with Crippen molar-refractivity contribution in [2.45, 2.75) is 12.8 Å². The monoisotopic (exact) mass is 442 g/mol. The molecule has 3 aromatic rings. The van der Waals surface area contributed by atoms with E-state index in [1.807, 2.05) is 36.4 Å². The second kappa shape index (κ2) is 9.06. The van der Waals surface area contributed by atoms with Gasteiger partial charge in [0.2, 0.25) is 0 Å². The first-order chi connectivity index (χ1) is 16.0. The molecule has 8 heteroatoms. The maximum Gasteiger partial charge on any atom is 0.414 e. The van der Waals surface area contributed by atoms with Crippen LogP contribution in [0.25, 0.3) is 21.6 Å². The average Bonchev–Trinajstić information content (AvgIpc) is 3.16. The molecule has 0 aliphatic heterocycles. The topological polar surface area (TPSA) is 105 Å². The van der Waals surface area contributed by atoms with Crippen LogP contribution in [0.4, 0.5) is 16.2 Å². The molecule has 1 aliphatic rings. The normalized spacial score (nSPS) is 11.7. The van der Waals surface area contributed by atoms with Crippen molar-refractivity contribution in [3.8, 4) is 11.1 Å². The third-order valence-corrected chi connectivity index (χ3v) is 5.90. The fraction of sp³-hybridized carbons (Fsp3) is 0.200. The standard InChI is InChI=1S/C25H22N4O4/c1-15-21(24(30)32-3)12-16(27-28-26)13-23(15)29(2)25(31)33-14-22-19-10-6-4-8-17(19)18-9-5-7-11-20(18)22/h4-13,22H,14H2,1-3H3. The van der Waals surface area contributed by atoms with Crippen LogP contribution < -0.4 is 4.90 Å². The van der Waals surface area contributed by atoms with E-state index in [9.17, 15) is 9.59 Å². The number of nitrogens with zero attached hydrogens (tertiary/aromatic N) is 4. The maximum atomic E-state index is 13.0. The van der Waals surface area contributed by atoms with Gasteiger partial charge in [-0.1, -0.05) is 53.6 Å². The number of ether oxygens (including phenoxy) is 2. The van der Waals surface area contributed by atoms with Crippen molar-refractivity contribution in [1.82, 2.24) is 0 Å². The summed E-state index contributed by atoms with van der Waals surface area (Å²) in [5.41, 5.74) is 14.6. The van der Waals surface area contributed by atoms with Gasteiger partial charge in [-0.05, 0) is 52.4 Å². The molecule has 0 fully saturated rings. The Morgan fingerprint density at radius 1 is 1.06 bits per heavy atom. The highest BCUT2D eigenvalue weighted by Crippen LogP contribution is 2.44. The van der Waals surface area contributed by atoms with E-state index in [2.05, 4.69) is 22.2 Å². The smallest absolute Gasteiger partial charge is 0.414 e. The largest absolute Gasteiger partial charge is 0.465 e. The highest BCUT2D eigenvalue weighted by Gasteiger charge is 2.30. The number of carbonyl (C=O) groups excluding carboxylic acids is 2. The number of esters is 1. The van der Waals surface area contributed by atoms with E-state index >= 15 is 0 Å². The molecular formula is C25H22N4O4. The number of methoxy groups -OCH3 is 1. The Morgan fingerprint density at radius 3 is 2.24 bits per heavy atom. The van der Waals surface area contributed by atoms with Gasteiger partial charge in [0.15, 0.2) is 0 Å². The van der Waals surface area contributed by atoms with Gasteiger partial charge in [-0.15, -0.1) is 0 Å². The fourth-order valence-electron chi connectivity index (χ4n) is 4.25. The lowest BCUT2D eigenvalue weighted by Gasteiger charge is -2.22. The molecule has 4 rings (SSSR count). The van der Waals surface area contributed by atoms with Gasteiger partial charge in [0.05, 0.1) is 18.4 Å². The first-order valence-corrected chi connectivity index (χ1v) is 10.3. The van der Waals surface area contributed by atoms with Crippen LogP contribution in [0.5, 0.6) is 0 Å². The van der Waals surface area contributed by atoms with Crippen molar-refractivity contribution in [2.75, 3.05) is 25.7 Å². The molecule has 33 heavy (non-hydrogen) atoms. The summed E-state index contributed by atoms with van der Waals surface area (Å²) >= 11 is 0.